The van der Waals surface area contributed by atoms with Crippen molar-refractivity contribution in [2.75, 3.05) is 101 Å². The highest BCUT2D eigenvalue weighted by Gasteiger charge is 2.56. The number of nitrogens with one attached hydrogen (secondary N) is 3. The molecule has 12 amide bonds. The van der Waals surface area contributed by atoms with Crippen LogP contribution in [0.25, 0.3) is 0 Å². The number of alkyl halides is 8. The Morgan fingerprint density at radius 1 is 0.600 bits per heavy atom. The molecule has 8 rings (SSSR count). The zero-order chi connectivity index (χ0) is 81.2. The molecular weight excluding hydrogens is 1460 g/mol. The van der Waals surface area contributed by atoms with Gasteiger partial charge in [-0.1, -0.05) is 47.0 Å². The van der Waals surface area contributed by atoms with Crippen LogP contribution in [-0.2, 0) is 67.0 Å². The highest BCUT2D eigenvalue weighted by Crippen LogP contribution is 2.46. The Bertz CT molecular complexity index is 3250. The summed E-state index contributed by atoms with van der Waals surface area (Å²) in [6.45, 7) is 7.53. The molecule has 4 aliphatic heterocycles. The number of likely N-dealkylation sites (N-methyl/N-ethyl adjacent to an activating group) is 6. The van der Waals surface area contributed by atoms with Crippen LogP contribution in [0.2, 0.25) is 0 Å². The van der Waals surface area contributed by atoms with Crippen LogP contribution in [-0.4, -0.2) is 301 Å². The van der Waals surface area contributed by atoms with Crippen LogP contribution in [0, 0.1) is 41.4 Å². The summed E-state index contributed by atoms with van der Waals surface area (Å²) in [5, 5.41) is 8.45. The smallest absolute Gasteiger partial charge is 0.378 e. The quantitative estimate of drug-likeness (QED) is 0.180. The van der Waals surface area contributed by atoms with E-state index in [4.69, 9.17) is 9.47 Å². The number of halogens is 8. The van der Waals surface area contributed by atoms with Gasteiger partial charge in [-0.3, -0.25) is 57.5 Å². The Kier molecular flexibility index (Phi) is 30.8. The monoisotopic (exact) mass is 1570 g/mol. The molecule has 110 heavy (non-hydrogen) atoms. The van der Waals surface area contributed by atoms with Crippen LogP contribution in [0.4, 0.5) is 35.1 Å². The van der Waals surface area contributed by atoms with Crippen molar-refractivity contribution in [2.24, 2.45) is 41.4 Å². The Balaban J connectivity index is 1.20. The predicted molar refractivity (Wildman–Crippen MR) is 385 cm³/mol. The lowest BCUT2D eigenvalue weighted by Crippen LogP contribution is -2.68. The maximum atomic E-state index is 15.7. The Labute approximate surface area is 640 Å². The third-order valence-corrected chi connectivity index (χ3v) is 24.9. The lowest BCUT2D eigenvalue weighted by atomic mass is 9.74. The van der Waals surface area contributed by atoms with Crippen molar-refractivity contribution in [3.8, 4) is 0 Å². The first kappa shape index (κ1) is 88.6. The fourth-order valence-corrected chi connectivity index (χ4v) is 17.8. The lowest BCUT2D eigenvalue weighted by molar-refractivity contribution is -0.219. The Morgan fingerprint density at radius 3 is 1.79 bits per heavy atom. The molecule has 0 aromatic rings. The number of amides is 12. The molecule has 1 spiro atoms. The van der Waals surface area contributed by atoms with Crippen molar-refractivity contribution in [3.05, 3.63) is 0 Å². The summed E-state index contributed by atoms with van der Waals surface area (Å²) in [6, 6.07) is -11.3. The molecule has 8 aliphatic rings. The molecule has 0 radical (unpaired) electrons. The molecule has 2 unspecified atom stereocenters. The van der Waals surface area contributed by atoms with Crippen molar-refractivity contribution in [2.45, 2.75) is 267 Å². The molecule has 0 aromatic carbocycles. The summed E-state index contributed by atoms with van der Waals surface area (Å²) in [5.74, 6) is -16.8. The second-order valence-electron chi connectivity index (χ2n) is 32.9. The zero-order valence-electron chi connectivity index (χ0n) is 65.8. The molecule has 26 nitrogen and oxygen atoms in total. The van der Waals surface area contributed by atoms with Gasteiger partial charge in [-0.2, -0.15) is 26.3 Å². The van der Waals surface area contributed by atoms with Gasteiger partial charge in [-0.05, 0) is 152 Å². The van der Waals surface area contributed by atoms with Crippen molar-refractivity contribution < 1.29 is 102 Å². The highest BCUT2D eigenvalue weighted by atomic mass is 19.4. The van der Waals surface area contributed by atoms with Gasteiger partial charge in [0.25, 0.3) is 0 Å². The van der Waals surface area contributed by atoms with Gasteiger partial charge in [0.05, 0.1) is 44.7 Å². The second kappa shape index (κ2) is 38.2. The lowest BCUT2D eigenvalue weighted by Gasteiger charge is -2.47. The third-order valence-electron chi connectivity index (χ3n) is 24.9. The molecule has 4 saturated heterocycles. The van der Waals surface area contributed by atoms with Crippen LogP contribution in [0.3, 0.4) is 0 Å². The van der Waals surface area contributed by atoms with E-state index < -0.39 is 230 Å². The standard InChI is InChI=1S/C76H118F8N12O14/c1-12-45(5)63-71(106)89(7)43-61(99)90(8)54-21-16-17-30-95(70(54)105)58(38-46-22-25-49(26-23-46)75(79,80)81)68(103)88(6)42-59(97)85-53(27-24-47-36-51(77)62(52(78)37-47)76(82,83)84)67(102)96-41-50(110-13-2)39-56(96)66(101)87-74(28-18-29-74)73(108)93(11)64(48-19-14-15-20-48)72(107)92(10)57(69(104)94-31-33-109-34-32-94)40-60(98)91(9)55(35-44(3)4)65(100)86-63/h44-58,62-64H,12-43H2,1-11H3,(H,85,97)(H,86,100)(H,87,101)/t45-,46?,47?,49?,50+,51?,52?,53-,54-,55-,56-,57-,58-,62?,63-,64-/m0/s1. The van der Waals surface area contributed by atoms with Crippen molar-refractivity contribution >= 4 is 70.9 Å². The third kappa shape index (κ3) is 21.3. The number of hydrogen-bond donors (Lipinski definition) is 3. The number of carbonyl (C=O) groups is 12. The van der Waals surface area contributed by atoms with Crippen LogP contribution in [0.15, 0.2) is 0 Å². The molecule has 2 bridgehead atoms. The van der Waals surface area contributed by atoms with Crippen LogP contribution in [0.1, 0.15) is 182 Å². The van der Waals surface area contributed by atoms with Crippen molar-refractivity contribution in [3.63, 3.8) is 0 Å². The molecule has 4 aliphatic carbocycles. The largest absolute Gasteiger partial charge is 0.397 e. The van der Waals surface area contributed by atoms with Gasteiger partial charge in [0.1, 0.15) is 72.1 Å². The molecule has 0 aromatic heterocycles. The zero-order valence-corrected chi connectivity index (χ0v) is 65.8. The SMILES string of the molecule is CCO[C@@H]1C[C@H]2C(=O)NC3(CCC3)C(=O)N(C)[C@@H](C3CCCC3)C(=O)N(C)[C@H](C(=O)N3CCOCC3)CC(=O)N(C)[C@@H](CC(C)C)C(=O)N[C@@H]([C@@H](C)CC)C(=O)N(C)CC(=O)N(C)[C@H]3CCCCN(C3=O)[C@@H](CC3CCC(C(F)(F)F)CC3)C(=O)N(C)CC(=O)N[C@@H](CCC3CC(F)C(C(F)(F)F)C(F)C3)C(=O)N2C1. The number of morpholine rings is 1. The van der Waals surface area contributed by atoms with E-state index >= 15 is 47.1 Å². The Hall–Kier alpha value is -7.00. The molecule has 34 heteroatoms. The van der Waals surface area contributed by atoms with E-state index in [1.807, 2.05) is 13.8 Å². The molecule has 12 atom stereocenters. The number of nitrogens with zero attached hydrogens (tertiary/aromatic N) is 9. The van der Waals surface area contributed by atoms with E-state index in [0.29, 0.717) is 44.9 Å². The normalized spacial score (nSPS) is 32.2. The summed E-state index contributed by atoms with van der Waals surface area (Å²) >= 11 is 0. The van der Waals surface area contributed by atoms with Gasteiger partial charge in [0.2, 0.25) is 70.9 Å². The minimum absolute atomic E-state index is 0.00760. The Morgan fingerprint density at radius 2 is 1.22 bits per heavy atom. The maximum absolute atomic E-state index is 15.7. The van der Waals surface area contributed by atoms with E-state index in [9.17, 15) is 45.5 Å². The number of hydrogen-bond acceptors (Lipinski definition) is 14. The van der Waals surface area contributed by atoms with Gasteiger partial charge in [-0.15, -0.1) is 0 Å². The maximum Gasteiger partial charge on any atom is 0.397 e. The number of fused-ring (bicyclic) bond motifs is 3. The van der Waals surface area contributed by atoms with Crippen LogP contribution >= 0.6 is 0 Å². The van der Waals surface area contributed by atoms with E-state index in [1.165, 1.54) is 61.9 Å². The molecule has 622 valence electrons. The van der Waals surface area contributed by atoms with Gasteiger partial charge >= 0.3 is 12.4 Å². The minimum Gasteiger partial charge on any atom is -0.378 e. The minimum atomic E-state index is -5.22. The molecule has 4 heterocycles. The van der Waals surface area contributed by atoms with E-state index in [2.05, 4.69) is 16.0 Å². The molecule has 3 N–H and O–H groups in total. The van der Waals surface area contributed by atoms with Crippen LogP contribution in [0.5, 0.6) is 0 Å². The average Bonchev–Trinajstić information content (AvgIpc) is 1.06. The second-order valence-corrected chi connectivity index (χ2v) is 32.9. The van der Waals surface area contributed by atoms with E-state index in [0.717, 1.165) is 24.5 Å². The number of ether oxygens (including phenoxy) is 2. The van der Waals surface area contributed by atoms with Crippen molar-refractivity contribution in [1.82, 2.24) is 60.0 Å². The highest BCUT2D eigenvalue weighted by molar-refractivity contribution is 6.01. The fourth-order valence-electron chi connectivity index (χ4n) is 17.8. The topological polar surface area (TPSA) is 289 Å². The summed E-state index contributed by atoms with van der Waals surface area (Å²) in [4.78, 5) is 193. The fraction of sp³-hybridized carbons (Fsp3) is 0.842. The van der Waals surface area contributed by atoms with Crippen LogP contribution < -0.4 is 16.0 Å². The number of carbonyl (C=O) groups excluding carboxylic acids is 12. The van der Waals surface area contributed by atoms with Crippen molar-refractivity contribution in [1.29, 1.82) is 0 Å². The molecule has 4 saturated carbocycles. The van der Waals surface area contributed by atoms with Gasteiger partial charge in [0, 0.05) is 81.5 Å². The first-order valence-electron chi connectivity index (χ1n) is 39.7. The van der Waals surface area contributed by atoms with Gasteiger partial charge in [-0.25, -0.2) is 8.78 Å². The number of rotatable bonds is 13. The van der Waals surface area contributed by atoms with Gasteiger partial charge < -0.3 is 69.5 Å². The van der Waals surface area contributed by atoms with E-state index in [-0.39, 0.29) is 129 Å². The first-order valence-corrected chi connectivity index (χ1v) is 39.7. The van der Waals surface area contributed by atoms with E-state index in [1.54, 1.807) is 20.8 Å². The summed E-state index contributed by atoms with van der Waals surface area (Å²) in [5.41, 5.74) is -1.70. The summed E-state index contributed by atoms with van der Waals surface area (Å²) in [6.07, 6.45) is -15.9. The predicted octanol–water partition coefficient (Wildman–Crippen LogP) is 5.96. The molecular formula is C76H118F8N12O14. The first-order chi connectivity index (χ1) is 51.7. The summed E-state index contributed by atoms with van der Waals surface area (Å²) < 4.78 is 127. The van der Waals surface area contributed by atoms with Gasteiger partial charge in [0.15, 0.2) is 0 Å². The summed E-state index contributed by atoms with van der Waals surface area (Å²) in [7, 11) is 8.09. The molecule has 8 fully saturated rings. The average molecular weight is 1580 g/mol.